The molecule has 3 aromatic rings. The second kappa shape index (κ2) is 10.5. The highest BCUT2D eigenvalue weighted by atomic mass is 19.1. The molecule has 1 fully saturated rings. The first kappa shape index (κ1) is 24.7. The summed E-state index contributed by atoms with van der Waals surface area (Å²) < 4.78 is 24.7. The number of allylic oxidation sites excluding steroid dienone is 1. The Bertz CT molecular complexity index is 1340. The number of nitrogens with zero attached hydrogens (tertiary/aromatic N) is 3. The summed E-state index contributed by atoms with van der Waals surface area (Å²) in [6.07, 6.45) is 1.73. The van der Waals surface area contributed by atoms with Gasteiger partial charge in [-0.3, -0.25) is 5.10 Å². The van der Waals surface area contributed by atoms with Crippen LogP contribution in [0.25, 0.3) is 0 Å². The number of H-pyrrole nitrogens is 1. The Kier molecular flexibility index (Phi) is 7.01. The number of aryl methyl sites for hydroxylation is 1. The third kappa shape index (κ3) is 4.85. The van der Waals surface area contributed by atoms with Crippen molar-refractivity contribution in [2.24, 2.45) is 5.73 Å². The molecule has 0 saturated carbocycles. The van der Waals surface area contributed by atoms with E-state index in [1.54, 1.807) is 7.11 Å². The van der Waals surface area contributed by atoms with Gasteiger partial charge in [-0.1, -0.05) is 19.4 Å². The lowest BCUT2D eigenvalue weighted by Gasteiger charge is -2.34. The molecule has 0 radical (unpaired) electrons. The number of aromatic nitrogens is 2. The lowest BCUT2D eigenvalue weighted by atomic mass is 9.82. The molecule has 2 aromatic carbocycles. The Balaban J connectivity index is 1.41. The van der Waals surface area contributed by atoms with Crippen LogP contribution < -0.4 is 25.0 Å². The molecule has 1 atom stereocenters. The van der Waals surface area contributed by atoms with Crippen molar-refractivity contribution >= 4 is 5.69 Å². The van der Waals surface area contributed by atoms with Gasteiger partial charge in [-0.05, 0) is 48.4 Å². The number of nitriles is 1. The average Bonchev–Trinajstić information content (AvgIpc) is 3.31. The number of halogens is 1. The Morgan fingerprint density at radius 1 is 1.24 bits per heavy atom. The molecular weight excluding hydrogens is 471 g/mol. The van der Waals surface area contributed by atoms with E-state index in [0.29, 0.717) is 11.5 Å². The normalized spacial score (nSPS) is 17.8. The number of nitrogens with one attached hydrogen (secondary N) is 2. The first-order valence-corrected chi connectivity index (χ1v) is 12.7. The maximum atomic E-state index is 13.3. The van der Waals surface area contributed by atoms with Gasteiger partial charge in [0.15, 0.2) is 0 Å². The molecule has 2 aliphatic heterocycles. The molecule has 37 heavy (non-hydrogen) atoms. The molecule has 5 rings (SSSR count). The summed E-state index contributed by atoms with van der Waals surface area (Å²) in [5, 5.41) is 17.4. The van der Waals surface area contributed by atoms with E-state index in [4.69, 9.17) is 15.2 Å². The van der Waals surface area contributed by atoms with Gasteiger partial charge in [0.2, 0.25) is 11.8 Å². The van der Waals surface area contributed by atoms with Gasteiger partial charge in [0.1, 0.15) is 29.8 Å². The SMILES string of the molecule is CCCc1[nH]nc2c1[C@H](c1ccc(OC)c(C[NH+]3CCN(c4ccc(F)cc4)CC3)c1)C(C#N)=C(N)O2. The van der Waals surface area contributed by atoms with Crippen LogP contribution in [0.4, 0.5) is 10.1 Å². The molecule has 1 aromatic heterocycles. The number of methoxy groups -OCH3 is 1. The first-order chi connectivity index (χ1) is 18.0. The smallest absolute Gasteiger partial charge is 0.244 e. The van der Waals surface area contributed by atoms with Crippen molar-refractivity contribution in [2.75, 3.05) is 38.2 Å². The lowest BCUT2D eigenvalue weighted by Crippen LogP contribution is -3.13. The molecule has 0 aliphatic carbocycles. The molecule has 0 spiro atoms. The third-order valence-electron chi connectivity index (χ3n) is 7.26. The zero-order chi connectivity index (χ0) is 25.9. The maximum absolute atomic E-state index is 13.3. The predicted molar refractivity (Wildman–Crippen MR) is 138 cm³/mol. The highest BCUT2D eigenvalue weighted by Gasteiger charge is 2.35. The molecule has 0 unspecified atom stereocenters. The standard InChI is InChI=1S/C28H31FN6O2/c1-3-4-23-26-25(22(16-30)27(31)37-28(26)33-32-23)18-5-10-24(36-2)19(15-18)17-34-11-13-35(14-12-34)21-8-6-20(29)7-9-21/h5-10,15,25H,3-4,11-14,17,31H2,1-2H3,(H,32,33)/p+1/t25-/m1/s1. The largest absolute Gasteiger partial charge is 0.496 e. The maximum Gasteiger partial charge on any atom is 0.244 e. The van der Waals surface area contributed by atoms with Gasteiger partial charge in [-0.2, -0.15) is 5.26 Å². The molecule has 192 valence electrons. The van der Waals surface area contributed by atoms with E-state index < -0.39 is 0 Å². The summed E-state index contributed by atoms with van der Waals surface area (Å²) >= 11 is 0. The Hall–Kier alpha value is -4.03. The van der Waals surface area contributed by atoms with E-state index in [9.17, 15) is 9.65 Å². The molecule has 3 heterocycles. The average molecular weight is 504 g/mol. The molecule has 0 bridgehead atoms. The summed E-state index contributed by atoms with van der Waals surface area (Å²) in [6.45, 7) is 6.57. The van der Waals surface area contributed by atoms with Gasteiger partial charge in [-0.25, -0.2) is 4.39 Å². The number of hydrogen-bond acceptors (Lipinski definition) is 6. The fourth-order valence-electron chi connectivity index (χ4n) is 5.38. The van der Waals surface area contributed by atoms with E-state index in [1.807, 2.05) is 24.3 Å². The van der Waals surface area contributed by atoms with Crippen molar-refractivity contribution in [1.82, 2.24) is 10.2 Å². The number of rotatable bonds is 7. The molecule has 2 aliphatic rings. The van der Waals surface area contributed by atoms with Crippen LogP contribution >= 0.6 is 0 Å². The van der Waals surface area contributed by atoms with Crippen molar-refractivity contribution in [1.29, 1.82) is 5.26 Å². The topological polar surface area (TPSA) is 105 Å². The minimum Gasteiger partial charge on any atom is -0.496 e. The van der Waals surface area contributed by atoms with Gasteiger partial charge in [0.25, 0.3) is 0 Å². The van der Waals surface area contributed by atoms with E-state index in [2.05, 4.69) is 34.2 Å². The molecule has 8 nitrogen and oxygen atoms in total. The molecule has 0 amide bonds. The van der Waals surface area contributed by atoms with E-state index in [-0.39, 0.29) is 17.6 Å². The number of aromatic amines is 1. The van der Waals surface area contributed by atoms with E-state index in [0.717, 1.165) is 79.4 Å². The molecule has 9 heteroatoms. The van der Waals surface area contributed by atoms with Gasteiger partial charge >= 0.3 is 0 Å². The highest BCUT2D eigenvalue weighted by molar-refractivity contribution is 5.56. The van der Waals surface area contributed by atoms with Crippen molar-refractivity contribution in [3.05, 3.63) is 82.1 Å². The first-order valence-electron chi connectivity index (χ1n) is 12.7. The third-order valence-corrected chi connectivity index (χ3v) is 7.26. The van der Waals surface area contributed by atoms with Gasteiger partial charge in [0.05, 0.1) is 39.2 Å². The van der Waals surface area contributed by atoms with Gasteiger partial charge < -0.3 is 25.0 Å². The van der Waals surface area contributed by atoms with Crippen molar-refractivity contribution in [3.8, 4) is 17.7 Å². The molecule has 1 saturated heterocycles. The fourth-order valence-corrected chi connectivity index (χ4v) is 5.38. The Morgan fingerprint density at radius 3 is 2.68 bits per heavy atom. The quantitative estimate of drug-likeness (QED) is 0.458. The van der Waals surface area contributed by atoms with Crippen molar-refractivity contribution in [3.63, 3.8) is 0 Å². The van der Waals surface area contributed by atoms with Crippen molar-refractivity contribution < 1.29 is 18.8 Å². The number of quaternary nitrogens is 1. The summed E-state index contributed by atoms with van der Waals surface area (Å²) in [4.78, 5) is 3.73. The number of ether oxygens (including phenoxy) is 2. The summed E-state index contributed by atoms with van der Waals surface area (Å²) in [5.74, 6) is 0.773. The van der Waals surface area contributed by atoms with Crippen LogP contribution in [0.5, 0.6) is 11.6 Å². The second-order valence-electron chi connectivity index (χ2n) is 9.56. The summed E-state index contributed by atoms with van der Waals surface area (Å²) in [5.41, 5.74) is 11.5. The van der Waals surface area contributed by atoms with Crippen LogP contribution in [-0.4, -0.2) is 43.5 Å². The zero-order valence-corrected chi connectivity index (χ0v) is 21.2. The number of piperazine rings is 1. The number of fused-ring (bicyclic) bond motifs is 1. The summed E-state index contributed by atoms with van der Waals surface area (Å²) in [7, 11) is 1.68. The van der Waals surface area contributed by atoms with Crippen LogP contribution in [0.3, 0.4) is 0 Å². The van der Waals surface area contributed by atoms with Crippen LogP contribution in [0, 0.1) is 17.1 Å². The van der Waals surface area contributed by atoms with E-state index in [1.165, 1.54) is 17.0 Å². The Morgan fingerprint density at radius 2 is 2.00 bits per heavy atom. The zero-order valence-electron chi connectivity index (χ0n) is 21.2. The number of nitrogens with two attached hydrogens (primary N) is 1. The van der Waals surface area contributed by atoms with Gasteiger partial charge in [-0.15, -0.1) is 5.10 Å². The minimum absolute atomic E-state index is 0.0921. The number of hydrogen-bond donors (Lipinski definition) is 3. The second-order valence-corrected chi connectivity index (χ2v) is 9.56. The molecule has 4 N–H and O–H groups in total. The molecular formula is C28H32FN6O2+. The lowest BCUT2D eigenvalue weighted by molar-refractivity contribution is -0.914. The van der Waals surface area contributed by atoms with Crippen LogP contribution in [0.2, 0.25) is 0 Å². The van der Waals surface area contributed by atoms with Gasteiger partial charge in [0, 0.05) is 22.5 Å². The Labute approximate surface area is 216 Å². The number of anilines is 1. The monoisotopic (exact) mass is 503 g/mol. The fraction of sp³-hybridized carbons (Fsp3) is 0.357. The predicted octanol–water partition coefficient (Wildman–Crippen LogP) is 2.63. The van der Waals surface area contributed by atoms with Crippen LogP contribution in [0.15, 0.2) is 53.9 Å². The van der Waals surface area contributed by atoms with E-state index >= 15 is 0 Å². The summed E-state index contributed by atoms with van der Waals surface area (Å²) in [6, 6.07) is 15.1. The number of benzene rings is 2. The van der Waals surface area contributed by atoms with Crippen molar-refractivity contribution in [2.45, 2.75) is 32.2 Å². The van der Waals surface area contributed by atoms with Crippen LogP contribution in [0.1, 0.15) is 41.6 Å². The minimum atomic E-state index is -0.357. The van der Waals surface area contributed by atoms with Crippen LogP contribution in [-0.2, 0) is 13.0 Å². The highest BCUT2D eigenvalue weighted by Crippen LogP contribution is 2.43.